The summed E-state index contributed by atoms with van der Waals surface area (Å²) in [5.74, 6) is 0. The summed E-state index contributed by atoms with van der Waals surface area (Å²) in [4.78, 5) is 0. The Kier molecular flexibility index (Phi) is 422. The van der Waals surface area contributed by atoms with Crippen LogP contribution in [-0.4, -0.2) is 28.3 Å². The van der Waals surface area contributed by atoms with Crippen LogP contribution in [0.4, 0.5) is 0 Å². The largest absolute Gasteiger partial charge is 0 e. The molecule has 0 atom stereocenters. The van der Waals surface area contributed by atoms with Gasteiger partial charge in [-0.25, -0.2) is 0 Å². The maximum Gasteiger partial charge on any atom is 0 e. The topological polar surface area (TPSA) is 0 Å². The maximum atomic E-state index is 0. The van der Waals surface area contributed by atoms with Crippen molar-refractivity contribution < 1.29 is 17.1 Å². The Bertz CT molecular complexity index is 8.00. The van der Waals surface area contributed by atoms with Gasteiger partial charge in [-0.05, 0) is 0 Å². The van der Waals surface area contributed by atoms with Crippen LogP contribution in [-0.2, 0) is 17.1 Å². The summed E-state index contributed by atoms with van der Waals surface area (Å²) < 4.78 is 0. The normalized spacial score (nSPS) is 0. The van der Waals surface area contributed by atoms with Crippen LogP contribution < -0.4 is 0 Å². The van der Waals surface area contributed by atoms with Gasteiger partial charge in [-0.3, -0.25) is 0 Å². The molecule has 0 aliphatic rings. The van der Waals surface area contributed by atoms with E-state index >= 15 is 0 Å². The van der Waals surface area contributed by atoms with E-state index in [1.54, 1.807) is 0 Å². The minimum Gasteiger partial charge on any atom is 0 e. The Morgan fingerprint density at radius 2 is 1.00 bits per heavy atom. The Morgan fingerprint density at radius 3 is 1.00 bits per heavy atom. The standard InChI is InChI=1S/C.Al.Mn.Si. The molecule has 0 aromatic rings. The zero-order valence-electron chi connectivity index (χ0n) is 1.96. The average Bonchev–Trinajstić information content (AvgIpc) is 0. The maximum absolute atomic E-state index is 0. The second-order valence-electron chi connectivity index (χ2n) is 0. The van der Waals surface area contributed by atoms with Crippen LogP contribution in [0.15, 0.2) is 0 Å². The first-order valence-electron chi connectivity index (χ1n) is 0. The molecule has 12 radical (unpaired) electrons. The van der Waals surface area contributed by atoms with Crippen LogP contribution in [0.1, 0.15) is 0 Å². The van der Waals surface area contributed by atoms with Gasteiger partial charge in [0.1, 0.15) is 0 Å². The van der Waals surface area contributed by atoms with Gasteiger partial charge in [0.2, 0.25) is 0 Å². The first-order valence-corrected chi connectivity index (χ1v) is 0. The Morgan fingerprint density at radius 1 is 1.00 bits per heavy atom. The minimum atomic E-state index is 0. The molecular weight excluding hydrogens is 122 g/mol. The molecule has 0 bridgehead atoms. The Balaban J connectivity index is 0. The van der Waals surface area contributed by atoms with Crippen LogP contribution in [0.2, 0.25) is 0 Å². The summed E-state index contributed by atoms with van der Waals surface area (Å²) >= 11 is 0. The van der Waals surface area contributed by atoms with Gasteiger partial charge in [0.25, 0.3) is 0 Å². The van der Waals surface area contributed by atoms with Gasteiger partial charge in [-0.15, -0.1) is 0 Å². The minimum absolute atomic E-state index is 0. The van der Waals surface area contributed by atoms with Crippen LogP contribution in [0.25, 0.3) is 0 Å². The average molecular weight is 122 g/mol. The van der Waals surface area contributed by atoms with Gasteiger partial charge in [0, 0.05) is 52.8 Å². The second kappa shape index (κ2) is 28.3. The number of hydrogen-bond acceptors (Lipinski definition) is 0. The quantitative estimate of drug-likeness (QED) is 0.373. The summed E-state index contributed by atoms with van der Waals surface area (Å²) in [7, 11) is 0. The van der Waals surface area contributed by atoms with Crippen molar-refractivity contribution >= 4 is 28.3 Å². The van der Waals surface area contributed by atoms with Crippen molar-refractivity contribution in [1.82, 2.24) is 0 Å². The van der Waals surface area contributed by atoms with Crippen molar-refractivity contribution in [3.63, 3.8) is 0 Å². The van der Waals surface area contributed by atoms with Crippen molar-refractivity contribution in [3.05, 3.63) is 7.43 Å². The molecule has 0 aliphatic heterocycles. The molecule has 0 amide bonds. The summed E-state index contributed by atoms with van der Waals surface area (Å²) in [5, 5.41) is 0. The molecule has 3 heteroatoms. The smallest absolute Gasteiger partial charge is 0 e. The third kappa shape index (κ3) is 10.5. The van der Waals surface area contributed by atoms with Gasteiger partial charge in [-0.1, -0.05) is 0 Å². The van der Waals surface area contributed by atoms with Crippen molar-refractivity contribution in [2.45, 2.75) is 0 Å². The Hall–Kier alpha value is 1.27. The van der Waals surface area contributed by atoms with E-state index in [1.807, 2.05) is 0 Å². The van der Waals surface area contributed by atoms with Crippen LogP contribution >= 0.6 is 0 Å². The number of hydrogen-bond donors (Lipinski definition) is 0. The molecule has 0 nitrogen and oxygen atoms in total. The molecule has 0 N–H and O–H groups in total. The molecule has 0 saturated heterocycles. The molecule has 0 aromatic carbocycles. The molecule has 0 rings (SSSR count). The molecule has 0 saturated carbocycles. The SMILES string of the molecule is [Al].[C].[Mn].[Si]. The van der Waals surface area contributed by atoms with Crippen molar-refractivity contribution in [2.75, 3.05) is 0 Å². The third-order valence-corrected chi connectivity index (χ3v) is 0. The van der Waals surface area contributed by atoms with Crippen molar-refractivity contribution in [2.24, 2.45) is 0 Å². The summed E-state index contributed by atoms with van der Waals surface area (Å²) in [6.07, 6.45) is 0. The first-order chi connectivity index (χ1) is 0. The predicted molar refractivity (Wildman–Crippen MR) is 14.8 cm³/mol. The molecule has 0 spiro atoms. The fraction of sp³-hybridized carbons (Fsp3) is 0. The van der Waals surface area contributed by atoms with Gasteiger partial charge in [-0.2, -0.15) is 0 Å². The zero-order chi connectivity index (χ0) is 0. The fourth-order valence-electron chi connectivity index (χ4n) is 0. The van der Waals surface area contributed by atoms with Gasteiger partial charge < -0.3 is 0 Å². The number of rotatable bonds is 0. The van der Waals surface area contributed by atoms with E-state index in [9.17, 15) is 0 Å². The van der Waals surface area contributed by atoms with Crippen molar-refractivity contribution in [3.8, 4) is 0 Å². The predicted octanol–water partition coefficient (Wildman–Crippen LogP) is -0.683. The first kappa shape index (κ1) is 59.6. The van der Waals surface area contributed by atoms with E-state index in [2.05, 4.69) is 0 Å². The molecular formula is CAlMnSi. The van der Waals surface area contributed by atoms with E-state index in [4.69, 9.17) is 0 Å². The van der Waals surface area contributed by atoms with Crippen LogP contribution in [0, 0.1) is 7.43 Å². The van der Waals surface area contributed by atoms with Crippen LogP contribution in [0.3, 0.4) is 0 Å². The molecule has 0 unspecified atom stereocenters. The molecule has 18 valence electrons. The molecule has 0 aromatic heterocycles. The van der Waals surface area contributed by atoms with E-state index in [1.165, 1.54) is 0 Å². The Labute approximate surface area is 53.0 Å². The summed E-state index contributed by atoms with van der Waals surface area (Å²) in [6.45, 7) is 0. The fourth-order valence-corrected chi connectivity index (χ4v) is 0. The van der Waals surface area contributed by atoms with E-state index < -0.39 is 0 Å². The molecule has 0 aliphatic carbocycles. The summed E-state index contributed by atoms with van der Waals surface area (Å²) in [5.41, 5.74) is 0. The monoisotopic (exact) mass is 122 g/mol. The molecule has 0 fully saturated rings. The third-order valence-electron chi connectivity index (χ3n) is 0. The van der Waals surface area contributed by atoms with Crippen molar-refractivity contribution in [1.29, 1.82) is 0 Å². The van der Waals surface area contributed by atoms with Gasteiger partial charge in [0.05, 0.1) is 0 Å². The van der Waals surface area contributed by atoms with E-state index in [0.717, 1.165) is 0 Å². The summed E-state index contributed by atoms with van der Waals surface area (Å²) in [6, 6.07) is 0. The second-order valence-corrected chi connectivity index (χ2v) is 0. The molecule has 0 heterocycles. The van der Waals surface area contributed by atoms with Crippen LogP contribution in [0.5, 0.6) is 0 Å². The van der Waals surface area contributed by atoms with E-state index in [0.29, 0.717) is 0 Å². The van der Waals surface area contributed by atoms with E-state index in [-0.39, 0.29) is 52.8 Å². The molecule has 4 heavy (non-hydrogen) atoms. The zero-order valence-corrected chi connectivity index (χ0v) is 5.29. The van der Waals surface area contributed by atoms with Gasteiger partial charge in [0.15, 0.2) is 0 Å². The van der Waals surface area contributed by atoms with Gasteiger partial charge >= 0.3 is 0 Å².